The molecule has 242 valence electrons. The van der Waals surface area contributed by atoms with Crippen molar-refractivity contribution in [2.75, 3.05) is 24.6 Å². The van der Waals surface area contributed by atoms with Gasteiger partial charge in [-0.2, -0.15) is 0 Å². The van der Waals surface area contributed by atoms with E-state index < -0.39 is 14.5 Å². The first-order valence-corrected chi connectivity index (χ1v) is 19.5. The van der Waals surface area contributed by atoms with Gasteiger partial charge >= 0.3 is 7.25 Å². The van der Waals surface area contributed by atoms with Crippen LogP contribution in [0, 0.1) is 0 Å². The average Bonchev–Trinajstić information content (AvgIpc) is 2.87. The Morgan fingerprint density at radius 2 is 0.487 bits per heavy atom. The van der Waals surface area contributed by atoms with Crippen molar-refractivity contribution < 1.29 is 37.7 Å². The second kappa shape index (κ2) is 33.4. The van der Waals surface area contributed by atoms with Gasteiger partial charge in [0.2, 0.25) is 0 Å². The minimum atomic E-state index is -6.00. The second-order valence-corrected chi connectivity index (χ2v) is 16.3. The molecule has 0 radical (unpaired) electrons. The Morgan fingerprint density at radius 3 is 0.692 bits per heavy atom. The van der Waals surface area contributed by atoms with Gasteiger partial charge in [-0.1, -0.05) is 130 Å². The summed E-state index contributed by atoms with van der Waals surface area (Å²) in [5.41, 5.74) is 0. The molecule has 0 heterocycles. The molecule has 0 rings (SSSR count). The van der Waals surface area contributed by atoms with Crippen LogP contribution in [0.15, 0.2) is 0 Å². The molecule has 0 aromatic heterocycles. The molecule has 0 atom stereocenters. The van der Waals surface area contributed by atoms with E-state index in [0.29, 0.717) is 0 Å². The van der Waals surface area contributed by atoms with Crippen LogP contribution in [0.4, 0.5) is 17.3 Å². The molecule has 7 heteroatoms. The predicted molar refractivity (Wildman–Crippen MR) is 170 cm³/mol. The Morgan fingerprint density at radius 1 is 0.333 bits per heavy atom. The van der Waals surface area contributed by atoms with Gasteiger partial charge in [0.1, 0.15) is 0 Å². The van der Waals surface area contributed by atoms with Crippen molar-refractivity contribution in [3.63, 3.8) is 0 Å². The molecule has 0 saturated carbocycles. The Bertz CT molecular complexity index is 415. The molecule has 0 unspecified atom stereocenters. The zero-order chi connectivity index (χ0) is 28.8. The summed E-state index contributed by atoms with van der Waals surface area (Å²) in [6.07, 6.45) is 42.1. The number of hydrogen-bond donors (Lipinski definition) is 0. The molecule has 0 aliphatic carbocycles. The Kier molecular flexibility index (Phi) is 37.9. The largest absolute Gasteiger partial charge is 0.673 e. The SMILES string of the molecule is CCCCCCCCCCCCCC[P+](CCCCCC)(CCCCCC)CCCCCC.F[B-](F)(F)F.[Pd]. The van der Waals surface area contributed by atoms with E-state index in [-0.39, 0.29) is 20.4 Å². The summed E-state index contributed by atoms with van der Waals surface area (Å²) in [5.74, 6) is 0. The fourth-order valence-corrected chi connectivity index (χ4v) is 10.5. The summed E-state index contributed by atoms with van der Waals surface area (Å²) >= 11 is 0. The zero-order valence-corrected chi connectivity index (χ0v) is 29.1. The van der Waals surface area contributed by atoms with Crippen LogP contribution < -0.4 is 0 Å². The van der Waals surface area contributed by atoms with Gasteiger partial charge in [-0.05, 0) is 51.4 Å². The van der Waals surface area contributed by atoms with Gasteiger partial charge in [-0.15, -0.1) is 0 Å². The first-order chi connectivity index (χ1) is 18.2. The number of halogens is 4. The van der Waals surface area contributed by atoms with Crippen molar-refractivity contribution >= 4 is 14.5 Å². The van der Waals surface area contributed by atoms with Crippen LogP contribution in [-0.4, -0.2) is 31.9 Å². The van der Waals surface area contributed by atoms with Gasteiger partial charge in [0, 0.05) is 27.7 Å². The molecule has 0 N–H and O–H groups in total. The summed E-state index contributed by atoms with van der Waals surface area (Å²) in [5, 5.41) is 0. The molecule has 0 aromatic rings. The van der Waals surface area contributed by atoms with Gasteiger partial charge < -0.3 is 17.3 Å². The number of hydrogen-bond acceptors (Lipinski definition) is 0. The Hall–Kier alpha value is 0.877. The first kappa shape index (κ1) is 44.3. The van der Waals surface area contributed by atoms with Gasteiger partial charge in [0.05, 0.1) is 24.6 Å². The van der Waals surface area contributed by atoms with E-state index in [0.717, 1.165) is 0 Å². The maximum absolute atomic E-state index is 9.75. The molecule has 0 spiro atoms. The quantitative estimate of drug-likeness (QED) is 0.0335. The van der Waals surface area contributed by atoms with Gasteiger partial charge in [-0.25, -0.2) is 0 Å². The van der Waals surface area contributed by atoms with E-state index in [9.17, 15) is 17.3 Å². The molecule has 0 saturated heterocycles. The van der Waals surface area contributed by atoms with E-state index in [1.807, 2.05) is 0 Å². The minimum Gasteiger partial charge on any atom is -0.418 e. The molecule has 0 fully saturated rings. The molecule has 0 bridgehead atoms. The Labute approximate surface area is 257 Å². The van der Waals surface area contributed by atoms with Crippen molar-refractivity contribution in [3.05, 3.63) is 0 Å². The van der Waals surface area contributed by atoms with Crippen LogP contribution in [0.2, 0.25) is 0 Å². The van der Waals surface area contributed by atoms with Crippen molar-refractivity contribution in [1.82, 2.24) is 0 Å². The van der Waals surface area contributed by atoms with Crippen molar-refractivity contribution in [2.24, 2.45) is 0 Å². The van der Waals surface area contributed by atoms with Crippen LogP contribution in [0.5, 0.6) is 0 Å². The standard InChI is InChI=1S/C32H68P.BF4.Pd/c1-5-9-13-17-18-19-20-21-22-23-24-28-32-33(29-25-14-10-6-2,30-26-15-11-7-3)31-27-16-12-8-4;2-1(3,4)5;/h5-32H2,1-4H3;;/q+1;-1;. The summed E-state index contributed by atoms with van der Waals surface area (Å²) in [7, 11) is -6.70. The van der Waals surface area contributed by atoms with Crippen LogP contribution in [0.25, 0.3) is 0 Å². The summed E-state index contributed by atoms with van der Waals surface area (Å²) in [6.45, 7) is 9.41. The molecule has 0 aliphatic rings. The summed E-state index contributed by atoms with van der Waals surface area (Å²) < 4.78 is 39.0. The first-order valence-electron chi connectivity index (χ1n) is 17.0. The van der Waals surface area contributed by atoms with Crippen molar-refractivity contribution in [1.29, 1.82) is 0 Å². The van der Waals surface area contributed by atoms with E-state index in [1.165, 1.54) is 128 Å². The van der Waals surface area contributed by atoms with Gasteiger partial charge in [0.15, 0.2) is 0 Å². The maximum atomic E-state index is 9.75. The number of unbranched alkanes of at least 4 members (excludes halogenated alkanes) is 20. The third kappa shape index (κ3) is 38.9. The van der Waals surface area contributed by atoms with Crippen LogP contribution in [-0.2, 0) is 20.4 Å². The topological polar surface area (TPSA) is 0 Å². The van der Waals surface area contributed by atoms with E-state index in [4.69, 9.17) is 0 Å². The van der Waals surface area contributed by atoms with Crippen LogP contribution >= 0.6 is 7.26 Å². The number of rotatable bonds is 28. The summed E-state index contributed by atoms with van der Waals surface area (Å²) in [6, 6.07) is 0. The normalized spacial score (nSPS) is 11.7. The zero-order valence-electron chi connectivity index (χ0n) is 26.7. The minimum absolute atomic E-state index is 0. The van der Waals surface area contributed by atoms with E-state index in [1.54, 1.807) is 50.3 Å². The van der Waals surface area contributed by atoms with Crippen molar-refractivity contribution in [3.8, 4) is 0 Å². The molecule has 0 aliphatic heterocycles. The molecule has 39 heavy (non-hydrogen) atoms. The summed E-state index contributed by atoms with van der Waals surface area (Å²) in [4.78, 5) is 0. The average molecular weight is 677 g/mol. The molecule has 0 aromatic carbocycles. The third-order valence-corrected chi connectivity index (χ3v) is 13.0. The second-order valence-electron chi connectivity index (χ2n) is 11.8. The van der Waals surface area contributed by atoms with E-state index >= 15 is 0 Å². The smallest absolute Gasteiger partial charge is 0.418 e. The molecule has 0 nitrogen and oxygen atoms in total. The monoisotopic (exact) mass is 676 g/mol. The van der Waals surface area contributed by atoms with E-state index in [2.05, 4.69) is 27.7 Å². The molecular weight excluding hydrogens is 609 g/mol. The molecular formula is C32H68BF4PPd. The molecule has 0 amide bonds. The van der Waals surface area contributed by atoms with Crippen LogP contribution in [0.1, 0.15) is 182 Å². The van der Waals surface area contributed by atoms with Crippen molar-refractivity contribution in [2.45, 2.75) is 182 Å². The Balaban J connectivity index is -0.00000196. The fourth-order valence-electron chi connectivity index (χ4n) is 5.58. The van der Waals surface area contributed by atoms with Crippen LogP contribution in [0.3, 0.4) is 0 Å². The van der Waals surface area contributed by atoms with Gasteiger partial charge in [-0.3, -0.25) is 0 Å². The third-order valence-electron chi connectivity index (χ3n) is 7.94. The predicted octanol–water partition coefficient (Wildman–Crippen LogP) is 13.7. The van der Waals surface area contributed by atoms with Gasteiger partial charge in [0.25, 0.3) is 0 Å². The maximum Gasteiger partial charge on any atom is 0.673 e. The fraction of sp³-hybridized carbons (Fsp3) is 1.00.